The highest BCUT2D eigenvalue weighted by atomic mass is 16.7. The van der Waals surface area contributed by atoms with Crippen LogP contribution >= 0.6 is 0 Å². The number of nitrogens with zero attached hydrogens (tertiary/aromatic N) is 1. The van der Waals surface area contributed by atoms with E-state index in [1.54, 1.807) is 19.1 Å². The van der Waals surface area contributed by atoms with Gasteiger partial charge in [0.15, 0.2) is 11.5 Å². The standard InChI is InChI=1S/C21H23NO5/c1-14-6-4-7-16-19(14)22(20(23)21(16)26-10-5-11-27-21)13-15-8-9-17(24-2)18(12-15)25-3/h4,6-9,12H,5,10-11,13H2,1-3H3. The van der Waals surface area contributed by atoms with Crippen LogP contribution in [0.15, 0.2) is 36.4 Å². The maximum Gasteiger partial charge on any atom is 0.292 e. The first-order chi connectivity index (χ1) is 13.1. The maximum absolute atomic E-state index is 13.4. The van der Waals surface area contributed by atoms with Crippen LogP contribution in [0.2, 0.25) is 0 Å². The average Bonchev–Trinajstić information content (AvgIpc) is 2.92. The SMILES string of the molecule is COc1ccc(CN2C(=O)C3(OCCCO3)c3cccc(C)c32)cc1OC. The van der Waals surface area contributed by atoms with E-state index in [0.717, 1.165) is 28.8 Å². The molecule has 1 saturated heterocycles. The van der Waals surface area contributed by atoms with E-state index < -0.39 is 5.79 Å². The summed E-state index contributed by atoms with van der Waals surface area (Å²) in [5, 5.41) is 0. The van der Waals surface area contributed by atoms with Crippen LogP contribution in [0.5, 0.6) is 11.5 Å². The number of anilines is 1. The number of hydrogen-bond acceptors (Lipinski definition) is 5. The van der Waals surface area contributed by atoms with E-state index in [2.05, 4.69) is 0 Å². The van der Waals surface area contributed by atoms with E-state index in [0.29, 0.717) is 31.3 Å². The summed E-state index contributed by atoms with van der Waals surface area (Å²) in [4.78, 5) is 15.1. The van der Waals surface area contributed by atoms with Crippen LogP contribution < -0.4 is 14.4 Å². The van der Waals surface area contributed by atoms with Crippen LogP contribution in [0, 0.1) is 6.92 Å². The summed E-state index contributed by atoms with van der Waals surface area (Å²) in [6, 6.07) is 11.5. The van der Waals surface area contributed by atoms with Crippen molar-refractivity contribution in [2.24, 2.45) is 0 Å². The minimum absolute atomic E-state index is 0.179. The number of carbonyl (C=O) groups is 1. The van der Waals surface area contributed by atoms with E-state index in [1.165, 1.54) is 0 Å². The monoisotopic (exact) mass is 369 g/mol. The van der Waals surface area contributed by atoms with Gasteiger partial charge in [-0.25, -0.2) is 0 Å². The number of carbonyl (C=O) groups excluding carboxylic acids is 1. The Morgan fingerprint density at radius 2 is 1.81 bits per heavy atom. The topological polar surface area (TPSA) is 57.2 Å². The van der Waals surface area contributed by atoms with Crippen molar-refractivity contribution < 1.29 is 23.7 Å². The van der Waals surface area contributed by atoms with Crippen molar-refractivity contribution in [1.82, 2.24) is 0 Å². The van der Waals surface area contributed by atoms with Gasteiger partial charge in [0.1, 0.15) is 0 Å². The van der Waals surface area contributed by atoms with Crippen molar-refractivity contribution in [3.05, 3.63) is 53.1 Å². The first-order valence-corrected chi connectivity index (χ1v) is 9.01. The highest BCUT2D eigenvalue weighted by molar-refractivity contribution is 6.06. The number of amides is 1. The zero-order valence-electron chi connectivity index (χ0n) is 15.8. The summed E-state index contributed by atoms with van der Waals surface area (Å²) < 4.78 is 22.5. The number of hydrogen-bond donors (Lipinski definition) is 0. The fourth-order valence-corrected chi connectivity index (χ4v) is 3.80. The molecule has 0 radical (unpaired) electrons. The molecule has 0 bridgehead atoms. The fourth-order valence-electron chi connectivity index (χ4n) is 3.80. The average molecular weight is 369 g/mol. The first kappa shape index (κ1) is 17.8. The summed E-state index contributed by atoms with van der Waals surface area (Å²) in [6.45, 7) is 3.40. The lowest BCUT2D eigenvalue weighted by molar-refractivity contribution is -0.256. The molecule has 1 amide bonds. The van der Waals surface area contributed by atoms with Crippen molar-refractivity contribution in [3.8, 4) is 11.5 Å². The Labute approximate surface area is 158 Å². The summed E-state index contributed by atoms with van der Waals surface area (Å²) in [7, 11) is 3.20. The quantitative estimate of drug-likeness (QED) is 0.829. The van der Waals surface area contributed by atoms with E-state index in [4.69, 9.17) is 18.9 Å². The molecule has 0 atom stereocenters. The normalized spacial score (nSPS) is 17.9. The molecule has 2 heterocycles. The van der Waals surface area contributed by atoms with Crippen molar-refractivity contribution in [2.45, 2.75) is 25.7 Å². The van der Waals surface area contributed by atoms with Crippen molar-refractivity contribution in [2.75, 3.05) is 32.3 Å². The van der Waals surface area contributed by atoms with Gasteiger partial charge >= 0.3 is 0 Å². The number of methoxy groups -OCH3 is 2. The summed E-state index contributed by atoms with van der Waals surface area (Å²) in [5.74, 6) is -0.218. The van der Waals surface area contributed by atoms with Gasteiger partial charge in [0.2, 0.25) is 0 Å². The third kappa shape index (κ3) is 2.76. The van der Waals surface area contributed by atoms with Crippen molar-refractivity contribution in [1.29, 1.82) is 0 Å². The van der Waals surface area contributed by atoms with Crippen LogP contribution in [-0.4, -0.2) is 33.3 Å². The Morgan fingerprint density at radius 1 is 1.07 bits per heavy atom. The zero-order chi connectivity index (χ0) is 19.0. The van der Waals surface area contributed by atoms with E-state index in [9.17, 15) is 4.79 Å². The van der Waals surface area contributed by atoms with Crippen LogP contribution in [-0.2, 0) is 26.6 Å². The third-order valence-electron chi connectivity index (χ3n) is 5.08. The molecule has 2 aromatic carbocycles. The molecule has 0 aromatic heterocycles. The molecule has 6 nitrogen and oxygen atoms in total. The molecule has 0 unspecified atom stereocenters. The molecule has 0 aliphatic carbocycles. The predicted octanol–water partition coefficient (Wildman–Crippen LogP) is 3.15. The third-order valence-corrected chi connectivity index (χ3v) is 5.08. The van der Waals surface area contributed by atoms with Crippen molar-refractivity contribution in [3.63, 3.8) is 0 Å². The molecule has 1 fully saturated rings. The summed E-state index contributed by atoms with van der Waals surface area (Å²) in [5.41, 5.74) is 3.59. The molecular formula is C21H23NO5. The minimum Gasteiger partial charge on any atom is -0.493 e. The van der Waals surface area contributed by atoms with Gasteiger partial charge in [-0.15, -0.1) is 0 Å². The fraction of sp³-hybridized carbons (Fsp3) is 0.381. The molecule has 6 heteroatoms. The van der Waals surface area contributed by atoms with Gasteiger partial charge < -0.3 is 23.8 Å². The summed E-state index contributed by atoms with van der Waals surface area (Å²) in [6.07, 6.45) is 0.784. The van der Waals surface area contributed by atoms with Gasteiger partial charge in [-0.05, 0) is 36.6 Å². The van der Waals surface area contributed by atoms with Crippen molar-refractivity contribution >= 4 is 11.6 Å². The van der Waals surface area contributed by atoms with Gasteiger partial charge in [0, 0.05) is 5.56 Å². The molecular weight excluding hydrogens is 346 g/mol. The van der Waals surface area contributed by atoms with Crippen LogP contribution in [0.4, 0.5) is 5.69 Å². The van der Waals surface area contributed by atoms with E-state index in [1.807, 2.05) is 43.3 Å². The molecule has 1 spiro atoms. The number of rotatable bonds is 4. The van der Waals surface area contributed by atoms with Crippen LogP contribution in [0.25, 0.3) is 0 Å². The molecule has 2 aromatic rings. The highest BCUT2D eigenvalue weighted by Gasteiger charge is 2.55. The molecule has 2 aliphatic heterocycles. The molecule has 4 rings (SSSR count). The Bertz CT molecular complexity index is 873. The molecule has 27 heavy (non-hydrogen) atoms. The van der Waals surface area contributed by atoms with Gasteiger partial charge in [0.05, 0.1) is 39.7 Å². The van der Waals surface area contributed by atoms with Crippen LogP contribution in [0.1, 0.15) is 23.1 Å². The second kappa shape index (κ2) is 6.87. The smallest absolute Gasteiger partial charge is 0.292 e. The Kier molecular flexibility index (Phi) is 4.53. The lowest BCUT2D eigenvalue weighted by Gasteiger charge is -2.32. The second-order valence-corrected chi connectivity index (χ2v) is 6.72. The Hall–Kier alpha value is -2.57. The summed E-state index contributed by atoms with van der Waals surface area (Å²) >= 11 is 0. The van der Waals surface area contributed by atoms with Crippen LogP contribution in [0.3, 0.4) is 0 Å². The Morgan fingerprint density at radius 3 is 2.52 bits per heavy atom. The van der Waals surface area contributed by atoms with Gasteiger partial charge in [-0.3, -0.25) is 4.79 Å². The number of benzene rings is 2. The highest BCUT2D eigenvalue weighted by Crippen LogP contribution is 2.47. The molecule has 2 aliphatic rings. The number of para-hydroxylation sites is 1. The zero-order valence-corrected chi connectivity index (χ0v) is 15.8. The number of fused-ring (bicyclic) bond motifs is 2. The van der Waals surface area contributed by atoms with Gasteiger partial charge in [-0.2, -0.15) is 0 Å². The minimum atomic E-state index is -1.32. The van der Waals surface area contributed by atoms with Gasteiger partial charge in [-0.1, -0.05) is 24.3 Å². The molecule has 142 valence electrons. The number of aryl methyl sites for hydroxylation is 1. The lowest BCUT2D eigenvalue weighted by Crippen LogP contribution is -2.47. The lowest BCUT2D eigenvalue weighted by atomic mass is 10.0. The predicted molar refractivity (Wildman–Crippen MR) is 100 cm³/mol. The first-order valence-electron chi connectivity index (χ1n) is 9.01. The van der Waals surface area contributed by atoms with E-state index in [-0.39, 0.29) is 5.91 Å². The van der Waals surface area contributed by atoms with Gasteiger partial charge in [0.25, 0.3) is 11.7 Å². The molecule has 0 saturated carbocycles. The second-order valence-electron chi connectivity index (χ2n) is 6.72. The molecule has 0 N–H and O–H groups in total. The maximum atomic E-state index is 13.4. The largest absolute Gasteiger partial charge is 0.493 e. The Balaban J connectivity index is 1.75. The number of ether oxygens (including phenoxy) is 4. The van der Waals surface area contributed by atoms with E-state index >= 15 is 0 Å².